The molecule has 13 heavy (non-hydrogen) atoms. The standard InChI is InChI=1S/C10H15NOS/c1-11(2)5-7-12-6-3-10-4-8-13-9-10/h3-4,6,8-9H,5,7H2,1-2H3/b6-3+. The lowest BCUT2D eigenvalue weighted by atomic mass is 10.3. The maximum absolute atomic E-state index is 5.30. The molecule has 0 bridgehead atoms. The molecule has 0 atom stereocenters. The summed E-state index contributed by atoms with van der Waals surface area (Å²) < 4.78 is 5.30. The molecule has 0 aliphatic heterocycles. The Labute approximate surface area is 83.4 Å². The monoisotopic (exact) mass is 197 g/mol. The van der Waals surface area contributed by atoms with E-state index in [1.807, 2.05) is 20.2 Å². The normalized spacial score (nSPS) is 11.3. The predicted octanol–water partition coefficient (Wildman–Crippen LogP) is 2.30. The number of thiophene rings is 1. The molecule has 0 aliphatic carbocycles. The summed E-state index contributed by atoms with van der Waals surface area (Å²) in [7, 11) is 4.07. The Kier molecular flexibility index (Phi) is 4.57. The van der Waals surface area contributed by atoms with Gasteiger partial charge in [-0.1, -0.05) is 0 Å². The molecule has 0 fully saturated rings. The zero-order valence-electron chi connectivity index (χ0n) is 8.06. The second-order valence-electron chi connectivity index (χ2n) is 3.03. The molecule has 0 N–H and O–H groups in total. The molecule has 0 amide bonds. The van der Waals surface area contributed by atoms with Gasteiger partial charge in [-0.2, -0.15) is 11.3 Å². The zero-order valence-corrected chi connectivity index (χ0v) is 8.88. The summed E-state index contributed by atoms with van der Waals surface area (Å²) in [6.07, 6.45) is 3.73. The van der Waals surface area contributed by atoms with E-state index in [0.29, 0.717) is 0 Å². The third-order valence-corrected chi connectivity index (χ3v) is 2.26. The van der Waals surface area contributed by atoms with Crippen molar-refractivity contribution in [1.29, 1.82) is 0 Å². The van der Waals surface area contributed by atoms with E-state index < -0.39 is 0 Å². The number of hydrogen-bond acceptors (Lipinski definition) is 3. The molecule has 0 saturated carbocycles. The third-order valence-electron chi connectivity index (χ3n) is 1.56. The van der Waals surface area contributed by atoms with E-state index in [1.165, 1.54) is 5.56 Å². The highest BCUT2D eigenvalue weighted by molar-refractivity contribution is 7.08. The maximum atomic E-state index is 5.30. The molecule has 2 nitrogen and oxygen atoms in total. The van der Waals surface area contributed by atoms with Crippen molar-refractivity contribution in [3.05, 3.63) is 28.7 Å². The van der Waals surface area contributed by atoms with Crippen molar-refractivity contribution in [2.24, 2.45) is 0 Å². The van der Waals surface area contributed by atoms with Crippen LogP contribution in [0.25, 0.3) is 6.08 Å². The van der Waals surface area contributed by atoms with Gasteiger partial charge in [-0.3, -0.25) is 0 Å². The smallest absolute Gasteiger partial charge is 0.0999 e. The molecule has 0 aliphatic rings. The van der Waals surface area contributed by atoms with Crippen LogP contribution < -0.4 is 0 Å². The van der Waals surface area contributed by atoms with Crippen molar-refractivity contribution in [2.75, 3.05) is 27.2 Å². The first-order valence-corrected chi connectivity index (χ1v) is 5.18. The Bertz CT molecular complexity index is 241. The Morgan fingerprint density at radius 3 is 3.00 bits per heavy atom. The molecule has 1 aromatic heterocycles. The van der Waals surface area contributed by atoms with Crippen LogP contribution in [0.15, 0.2) is 23.1 Å². The number of rotatable bonds is 5. The Morgan fingerprint density at radius 2 is 2.38 bits per heavy atom. The summed E-state index contributed by atoms with van der Waals surface area (Å²) in [5.74, 6) is 0. The van der Waals surface area contributed by atoms with Gasteiger partial charge in [0, 0.05) is 6.54 Å². The van der Waals surface area contributed by atoms with Crippen molar-refractivity contribution in [2.45, 2.75) is 0 Å². The molecule has 0 unspecified atom stereocenters. The first kappa shape index (κ1) is 10.3. The van der Waals surface area contributed by atoms with Crippen LogP contribution in [0.5, 0.6) is 0 Å². The molecule has 3 heteroatoms. The number of ether oxygens (including phenoxy) is 1. The minimum atomic E-state index is 0.744. The topological polar surface area (TPSA) is 12.5 Å². The molecule has 1 heterocycles. The fourth-order valence-electron chi connectivity index (χ4n) is 0.800. The van der Waals surface area contributed by atoms with Crippen LogP contribution in [0.3, 0.4) is 0 Å². The largest absolute Gasteiger partial charge is 0.500 e. The highest BCUT2D eigenvalue weighted by Crippen LogP contribution is 2.07. The SMILES string of the molecule is CN(C)CCO/C=C/c1ccsc1. The minimum Gasteiger partial charge on any atom is -0.500 e. The van der Waals surface area contributed by atoms with E-state index in [1.54, 1.807) is 17.6 Å². The number of nitrogens with zero attached hydrogens (tertiary/aromatic N) is 1. The number of likely N-dealkylation sites (N-methyl/N-ethyl adjacent to an activating group) is 1. The van der Waals surface area contributed by atoms with Gasteiger partial charge in [-0.15, -0.1) is 0 Å². The van der Waals surface area contributed by atoms with Crippen LogP contribution in [0.2, 0.25) is 0 Å². The summed E-state index contributed by atoms with van der Waals surface area (Å²) in [6, 6.07) is 2.07. The van der Waals surface area contributed by atoms with E-state index in [2.05, 4.69) is 21.7 Å². The molecule has 0 aromatic carbocycles. The van der Waals surface area contributed by atoms with Crippen molar-refractivity contribution < 1.29 is 4.74 Å². The van der Waals surface area contributed by atoms with Gasteiger partial charge in [-0.25, -0.2) is 0 Å². The quantitative estimate of drug-likeness (QED) is 0.530. The van der Waals surface area contributed by atoms with Gasteiger partial charge in [0.25, 0.3) is 0 Å². The second kappa shape index (κ2) is 5.78. The zero-order chi connectivity index (χ0) is 9.52. The first-order chi connectivity index (χ1) is 6.29. The summed E-state index contributed by atoms with van der Waals surface area (Å²) in [5, 5.41) is 4.14. The molecule has 1 rings (SSSR count). The molecular weight excluding hydrogens is 182 g/mol. The van der Waals surface area contributed by atoms with Crippen LogP contribution >= 0.6 is 11.3 Å². The lowest BCUT2D eigenvalue weighted by Gasteiger charge is -2.07. The van der Waals surface area contributed by atoms with Gasteiger partial charge >= 0.3 is 0 Å². The van der Waals surface area contributed by atoms with Gasteiger partial charge in [0.2, 0.25) is 0 Å². The lowest BCUT2D eigenvalue weighted by molar-refractivity contribution is 0.214. The highest BCUT2D eigenvalue weighted by atomic mass is 32.1. The van der Waals surface area contributed by atoms with Crippen molar-refractivity contribution in [1.82, 2.24) is 4.90 Å². The Balaban J connectivity index is 2.12. The molecule has 0 spiro atoms. The first-order valence-electron chi connectivity index (χ1n) is 4.24. The van der Waals surface area contributed by atoms with E-state index >= 15 is 0 Å². The lowest BCUT2D eigenvalue weighted by Crippen LogP contribution is -2.16. The van der Waals surface area contributed by atoms with E-state index in [-0.39, 0.29) is 0 Å². The van der Waals surface area contributed by atoms with Gasteiger partial charge in [0.15, 0.2) is 0 Å². The Morgan fingerprint density at radius 1 is 1.54 bits per heavy atom. The van der Waals surface area contributed by atoms with E-state index in [0.717, 1.165) is 13.2 Å². The summed E-state index contributed by atoms with van der Waals surface area (Å²) >= 11 is 1.69. The van der Waals surface area contributed by atoms with Gasteiger partial charge in [0.05, 0.1) is 12.9 Å². The highest BCUT2D eigenvalue weighted by Gasteiger charge is 1.87. The van der Waals surface area contributed by atoms with Crippen LogP contribution in [-0.2, 0) is 4.74 Å². The summed E-state index contributed by atoms with van der Waals surface area (Å²) in [4.78, 5) is 2.10. The summed E-state index contributed by atoms with van der Waals surface area (Å²) in [6.45, 7) is 1.70. The van der Waals surface area contributed by atoms with Crippen molar-refractivity contribution >= 4 is 17.4 Å². The number of hydrogen-bond donors (Lipinski definition) is 0. The molecule has 0 saturated heterocycles. The van der Waals surface area contributed by atoms with Crippen LogP contribution in [-0.4, -0.2) is 32.1 Å². The average Bonchev–Trinajstić information content (AvgIpc) is 2.55. The van der Waals surface area contributed by atoms with E-state index in [4.69, 9.17) is 4.74 Å². The Hall–Kier alpha value is -0.800. The minimum absolute atomic E-state index is 0.744. The van der Waals surface area contributed by atoms with Gasteiger partial charge in [0.1, 0.15) is 0 Å². The van der Waals surface area contributed by atoms with Crippen LogP contribution in [0, 0.1) is 0 Å². The molecule has 72 valence electrons. The molecule has 0 radical (unpaired) electrons. The van der Waals surface area contributed by atoms with Crippen LogP contribution in [0.1, 0.15) is 5.56 Å². The van der Waals surface area contributed by atoms with Crippen molar-refractivity contribution in [3.8, 4) is 0 Å². The molecular formula is C10H15NOS. The fourth-order valence-corrected chi connectivity index (χ4v) is 1.43. The van der Waals surface area contributed by atoms with Crippen molar-refractivity contribution in [3.63, 3.8) is 0 Å². The van der Waals surface area contributed by atoms with Gasteiger partial charge < -0.3 is 9.64 Å². The van der Waals surface area contributed by atoms with Crippen LogP contribution in [0.4, 0.5) is 0 Å². The second-order valence-corrected chi connectivity index (χ2v) is 3.81. The predicted molar refractivity (Wildman–Crippen MR) is 57.9 cm³/mol. The maximum Gasteiger partial charge on any atom is 0.0999 e. The third kappa shape index (κ3) is 4.70. The summed E-state index contributed by atoms with van der Waals surface area (Å²) in [5.41, 5.74) is 1.20. The average molecular weight is 197 g/mol. The molecule has 1 aromatic rings. The fraction of sp³-hybridized carbons (Fsp3) is 0.400. The van der Waals surface area contributed by atoms with Gasteiger partial charge in [-0.05, 0) is 42.6 Å². The van der Waals surface area contributed by atoms with E-state index in [9.17, 15) is 0 Å².